The van der Waals surface area contributed by atoms with E-state index in [-0.39, 0.29) is 17.0 Å². The van der Waals surface area contributed by atoms with E-state index in [9.17, 15) is 19.8 Å². The van der Waals surface area contributed by atoms with Gasteiger partial charge in [0.05, 0.1) is 11.3 Å². The summed E-state index contributed by atoms with van der Waals surface area (Å²) in [4.78, 5) is 23.5. The second kappa shape index (κ2) is 5.66. The van der Waals surface area contributed by atoms with E-state index in [1.807, 2.05) is 0 Å². The first kappa shape index (κ1) is 14.6. The van der Waals surface area contributed by atoms with Crippen molar-refractivity contribution in [1.82, 2.24) is 0 Å². The number of carboxylic acids is 1. The number of amides is 1. The summed E-state index contributed by atoms with van der Waals surface area (Å²) in [6.45, 7) is 3.35. The van der Waals surface area contributed by atoms with E-state index in [4.69, 9.17) is 0 Å². The summed E-state index contributed by atoms with van der Waals surface area (Å²) in [7, 11) is 0. The van der Waals surface area contributed by atoms with Crippen molar-refractivity contribution >= 4 is 17.6 Å². The molecule has 0 fully saturated rings. The smallest absolute Gasteiger partial charge is 0.338 e. The van der Waals surface area contributed by atoms with Crippen LogP contribution in [-0.2, 0) is 0 Å². The summed E-state index contributed by atoms with van der Waals surface area (Å²) in [6, 6.07) is 9.35. The molecule has 0 bridgehead atoms. The Bertz CT molecular complexity index is 722. The molecule has 3 N–H and O–H groups in total. The van der Waals surface area contributed by atoms with Crippen molar-refractivity contribution in [2.75, 3.05) is 5.32 Å². The number of benzene rings is 2. The first-order valence-electron chi connectivity index (χ1n) is 6.34. The summed E-state index contributed by atoms with van der Waals surface area (Å²) in [5.41, 5.74) is 1.82. The normalized spacial score (nSPS) is 10.2. The number of carbonyl (C=O) groups is 2. The third-order valence-corrected chi connectivity index (χ3v) is 3.19. The highest BCUT2D eigenvalue weighted by Crippen LogP contribution is 2.22. The number of anilines is 1. The monoisotopic (exact) mass is 285 g/mol. The zero-order valence-electron chi connectivity index (χ0n) is 11.7. The van der Waals surface area contributed by atoms with Gasteiger partial charge < -0.3 is 15.5 Å². The molecule has 5 heteroatoms. The summed E-state index contributed by atoms with van der Waals surface area (Å²) < 4.78 is 0. The quantitative estimate of drug-likeness (QED) is 0.809. The molecule has 0 atom stereocenters. The minimum atomic E-state index is -1.09. The molecule has 2 aromatic rings. The van der Waals surface area contributed by atoms with Crippen LogP contribution in [0.2, 0.25) is 0 Å². The van der Waals surface area contributed by atoms with E-state index in [0.29, 0.717) is 16.7 Å². The van der Waals surface area contributed by atoms with Gasteiger partial charge in [0.25, 0.3) is 5.91 Å². The van der Waals surface area contributed by atoms with Gasteiger partial charge in [-0.15, -0.1) is 0 Å². The summed E-state index contributed by atoms with van der Waals surface area (Å²) >= 11 is 0. The Kier molecular flexibility index (Phi) is 3.93. The second-order valence-corrected chi connectivity index (χ2v) is 4.76. The first-order chi connectivity index (χ1) is 9.90. The zero-order valence-corrected chi connectivity index (χ0v) is 11.7. The summed E-state index contributed by atoms with van der Waals surface area (Å²) in [6.07, 6.45) is 0. The van der Waals surface area contributed by atoms with Crippen LogP contribution in [0.3, 0.4) is 0 Å². The molecule has 5 nitrogen and oxygen atoms in total. The average Bonchev–Trinajstić information content (AvgIpc) is 2.41. The molecular weight excluding hydrogens is 270 g/mol. The van der Waals surface area contributed by atoms with Gasteiger partial charge in [-0.05, 0) is 49.2 Å². The number of aromatic carboxylic acids is 1. The molecule has 108 valence electrons. The first-order valence-corrected chi connectivity index (χ1v) is 6.34. The van der Waals surface area contributed by atoms with Gasteiger partial charge in [-0.3, -0.25) is 4.79 Å². The molecular formula is C16H15NO4. The third-order valence-electron chi connectivity index (χ3n) is 3.19. The fourth-order valence-corrected chi connectivity index (χ4v) is 2.05. The zero-order chi connectivity index (χ0) is 15.6. The van der Waals surface area contributed by atoms with Crippen molar-refractivity contribution in [3.05, 3.63) is 58.7 Å². The summed E-state index contributed by atoms with van der Waals surface area (Å²) in [5.74, 6) is -1.41. The molecule has 0 saturated carbocycles. The molecule has 0 aliphatic heterocycles. The van der Waals surface area contributed by atoms with Gasteiger partial charge in [0, 0.05) is 5.56 Å². The fourth-order valence-electron chi connectivity index (χ4n) is 2.05. The predicted octanol–water partition coefficient (Wildman–Crippen LogP) is 2.96. The van der Waals surface area contributed by atoms with E-state index in [2.05, 4.69) is 5.32 Å². The number of nitrogens with one attached hydrogen (secondary N) is 1. The number of rotatable bonds is 3. The number of phenolic OH excluding ortho intramolecular Hbond substituents is 1. The lowest BCUT2D eigenvalue weighted by atomic mass is 10.1. The van der Waals surface area contributed by atoms with Crippen LogP contribution < -0.4 is 5.32 Å². The van der Waals surface area contributed by atoms with Crippen molar-refractivity contribution in [2.24, 2.45) is 0 Å². The van der Waals surface area contributed by atoms with Gasteiger partial charge in [-0.1, -0.05) is 12.1 Å². The Hall–Kier alpha value is -2.82. The number of carbonyl (C=O) groups excluding carboxylic acids is 1. The topological polar surface area (TPSA) is 86.6 Å². The molecule has 0 aromatic heterocycles. The highest BCUT2D eigenvalue weighted by molar-refractivity contribution is 6.08. The van der Waals surface area contributed by atoms with Crippen LogP contribution in [0.15, 0.2) is 36.4 Å². The number of phenols is 1. The number of aryl methyl sites for hydroxylation is 2. The van der Waals surface area contributed by atoms with Crippen LogP contribution in [0.25, 0.3) is 0 Å². The Labute approximate surface area is 121 Å². The van der Waals surface area contributed by atoms with E-state index in [1.165, 1.54) is 12.1 Å². The molecule has 2 rings (SSSR count). The molecule has 1 amide bonds. The van der Waals surface area contributed by atoms with Crippen LogP contribution in [0.5, 0.6) is 5.75 Å². The molecule has 0 spiro atoms. The minimum absolute atomic E-state index is 0.0707. The molecule has 0 unspecified atom stereocenters. The van der Waals surface area contributed by atoms with Gasteiger partial charge in [0.1, 0.15) is 5.75 Å². The Morgan fingerprint density at radius 3 is 2.38 bits per heavy atom. The number of carboxylic acid groups (broad SMARTS) is 1. The van der Waals surface area contributed by atoms with Crippen molar-refractivity contribution in [1.29, 1.82) is 0 Å². The maximum Gasteiger partial charge on any atom is 0.338 e. The van der Waals surface area contributed by atoms with E-state index < -0.39 is 11.9 Å². The maximum absolute atomic E-state index is 12.2. The lowest BCUT2D eigenvalue weighted by Gasteiger charge is -2.11. The largest absolute Gasteiger partial charge is 0.508 e. The van der Waals surface area contributed by atoms with Crippen LogP contribution >= 0.6 is 0 Å². The third kappa shape index (κ3) is 3.02. The molecule has 21 heavy (non-hydrogen) atoms. The van der Waals surface area contributed by atoms with Crippen molar-refractivity contribution in [2.45, 2.75) is 13.8 Å². The summed E-state index contributed by atoms with van der Waals surface area (Å²) in [5, 5.41) is 21.3. The van der Waals surface area contributed by atoms with Crippen LogP contribution in [0.4, 0.5) is 5.69 Å². The van der Waals surface area contributed by atoms with E-state index in [1.54, 1.807) is 38.1 Å². The van der Waals surface area contributed by atoms with Gasteiger partial charge in [-0.2, -0.15) is 0 Å². The SMILES string of the molecule is Cc1cc(C(=O)Nc2cccc(C)c2C(=O)O)ccc1O. The van der Waals surface area contributed by atoms with Gasteiger partial charge in [0.15, 0.2) is 0 Å². The number of hydrogen-bond acceptors (Lipinski definition) is 3. The highest BCUT2D eigenvalue weighted by Gasteiger charge is 2.16. The van der Waals surface area contributed by atoms with Gasteiger partial charge in [0.2, 0.25) is 0 Å². The lowest BCUT2D eigenvalue weighted by Crippen LogP contribution is -2.15. The standard InChI is InChI=1S/C16H15NO4/c1-9-4-3-5-12(14(9)16(20)21)17-15(19)11-6-7-13(18)10(2)8-11/h3-8,18H,1-2H3,(H,17,19)(H,20,21). The second-order valence-electron chi connectivity index (χ2n) is 4.76. The minimum Gasteiger partial charge on any atom is -0.508 e. The number of hydrogen-bond donors (Lipinski definition) is 3. The fraction of sp³-hybridized carbons (Fsp3) is 0.125. The van der Waals surface area contributed by atoms with Gasteiger partial charge >= 0.3 is 5.97 Å². The molecule has 0 aliphatic rings. The van der Waals surface area contributed by atoms with Crippen LogP contribution in [0, 0.1) is 13.8 Å². The van der Waals surface area contributed by atoms with Crippen molar-refractivity contribution < 1.29 is 19.8 Å². The van der Waals surface area contributed by atoms with E-state index >= 15 is 0 Å². The predicted molar refractivity (Wildman–Crippen MR) is 78.9 cm³/mol. The van der Waals surface area contributed by atoms with Crippen LogP contribution in [-0.4, -0.2) is 22.1 Å². The highest BCUT2D eigenvalue weighted by atomic mass is 16.4. The molecule has 0 radical (unpaired) electrons. The molecule has 2 aromatic carbocycles. The maximum atomic E-state index is 12.2. The molecule has 0 saturated heterocycles. The Morgan fingerprint density at radius 1 is 1.05 bits per heavy atom. The lowest BCUT2D eigenvalue weighted by molar-refractivity contribution is 0.0697. The van der Waals surface area contributed by atoms with Crippen LogP contribution in [0.1, 0.15) is 31.8 Å². The Morgan fingerprint density at radius 2 is 1.76 bits per heavy atom. The van der Waals surface area contributed by atoms with Gasteiger partial charge in [-0.25, -0.2) is 4.79 Å². The van der Waals surface area contributed by atoms with Crippen molar-refractivity contribution in [3.63, 3.8) is 0 Å². The molecule has 0 aliphatic carbocycles. The average molecular weight is 285 g/mol. The Balaban J connectivity index is 2.34. The van der Waals surface area contributed by atoms with Crippen molar-refractivity contribution in [3.8, 4) is 5.75 Å². The number of aromatic hydroxyl groups is 1. The molecule has 0 heterocycles. The van der Waals surface area contributed by atoms with E-state index in [0.717, 1.165) is 0 Å².